The molecule has 0 radical (unpaired) electrons. The third kappa shape index (κ3) is 3.57. The van der Waals surface area contributed by atoms with Gasteiger partial charge >= 0.3 is 0 Å². The van der Waals surface area contributed by atoms with E-state index < -0.39 is 16.1 Å². The van der Waals surface area contributed by atoms with Crippen LogP contribution in [0.4, 0.5) is 0 Å². The number of aromatic nitrogens is 2. The molecule has 0 amide bonds. The Morgan fingerprint density at radius 1 is 0.871 bits per heavy atom. The maximum absolute atomic E-state index is 13.5. The van der Waals surface area contributed by atoms with E-state index in [1.807, 2.05) is 61.5 Å². The van der Waals surface area contributed by atoms with Gasteiger partial charge in [-0.2, -0.15) is 17.9 Å². The molecule has 31 heavy (non-hydrogen) atoms. The molecule has 5 rings (SSSR count). The van der Waals surface area contributed by atoms with Gasteiger partial charge < -0.3 is 0 Å². The maximum Gasteiger partial charge on any atom is 0.279 e. The molecule has 0 fully saturated rings. The summed E-state index contributed by atoms with van der Waals surface area (Å²) in [5.41, 5.74) is 4.65. The number of para-hydroxylation sites is 2. The van der Waals surface area contributed by atoms with Crippen molar-refractivity contribution in [3.63, 3.8) is 0 Å². The number of benzene rings is 3. The normalized spacial score (nSPS) is 16.5. The van der Waals surface area contributed by atoms with Crippen molar-refractivity contribution in [3.8, 4) is 0 Å². The molecule has 4 aromatic rings. The molecule has 3 aromatic carbocycles. The van der Waals surface area contributed by atoms with Crippen molar-refractivity contribution in [1.82, 2.24) is 14.4 Å². The number of sulfonamides is 1. The van der Waals surface area contributed by atoms with Crippen LogP contribution >= 0.6 is 0 Å². The summed E-state index contributed by atoms with van der Waals surface area (Å²) in [7, 11) is -3.87. The average molecular weight is 429 g/mol. The number of nitrogens with zero attached hydrogens (tertiary/aromatic N) is 4. The first-order valence-corrected chi connectivity index (χ1v) is 11.4. The first kappa shape index (κ1) is 19.4. The number of hydrogen-bond acceptors (Lipinski definition) is 5. The van der Waals surface area contributed by atoms with Crippen LogP contribution in [-0.4, -0.2) is 28.5 Å². The number of hydrogen-bond donors (Lipinski definition) is 0. The average Bonchev–Trinajstić information content (AvgIpc) is 3.26. The highest BCUT2D eigenvalue weighted by molar-refractivity contribution is 7.89. The minimum atomic E-state index is -3.87. The van der Waals surface area contributed by atoms with Gasteiger partial charge in [0.2, 0.25) is 0 Å². The SMILES string of the molecule is Cc1ccc(S(=O)(=O)N2N=C(c3ccccc3)CC2c2cnc3ccccc3n2)cc1. The van der Waals surface area contributed by atoms with Crippen LogP contribution in [0.5, 0.6) is 0 Å². The zero-order valence-electron chi connectivity index (χ0n) is 16.9. The summed E-state index contributed by atoms with van der Waals surface area (Å²) in [5.74, 6) is 0. The fourth-order valence-corrected chi connectivity index (χ4v) is 5.11. The van der Waals surface area contributed by atoms with Gasteiger partial charge in [-0.15, -0.1) is 0 Å². The van der Waals surface area contributed by atoms with Gasteiger partial charge in [0.25, 0.3) is 10.0 Å². The van der Waals surface area contributed by atoms with Crippen molar-refractivity contribution in [2.24, 2.45) is 5.10 Å². The summed E-state index contributed by atoms with van der Waals surface area (Å²) in [5, 5.41) is 4.56. The molecular weight excluding hydrogens is 408 g/mol. The molecule has 1 aliphatic heterocycles. The third-order valence-corrected chi connectivity index (χ3v) is 7.05. The van der Waals surface area contributed by atoms with Gasteiger partial charge in [-0.3, -0.25) is 4.98 Å². The molecule has 1 unspecified atom stereocenters. The van der Waals surface area contributed by atoms with Crippen LogP contribution in [0.2, 0.25) is 0 Å². The van der Waals surface area contributed by atoms with Crippen molar-refractivity contribution >= 4 is 26.8 Å². The molecule has 0 bridgehead atoms. The van der Waals surface area contributed by atoms with Gasteiger partial charge in [0, 0.05) is 6.42 Å². The second kappa shape index (κ2) is 7.59. The lowest BCUT2D eigenvalue weighted by Gasteiger charge is -2.22. The van der Waals surface area contributed by atoms with Crippen LogP contribution in [0.15, 0.2) is 95.1 Å². The molecule has 2 heterocycles. The first-order valence-electron chi connectivity index (χ1n) is 9.98. The number of rotatable bonds is 4. The van der Waals surface area contributed by atoms with Gasteiger partial charge in [0.05, 0.1) is 33.5 Å². The number of fused-ring (bicyclic) bond motifs is 1. The maximum atomic E-state index is 13.5. The largest absolute Gasteiger partial charge is 0.279 e. The van der Waals surface area contributed by atoms with E-state index in [-0.39, 0.29) is 4.90 Å². The molecule has 7 heteroatoms. The van der Waals surface area contributed by atoms with E-state index in [9.17, 15) is 8.42 Å². The number of hydrazone groups is 1. The zero-order chi connectivity index (χ0) is 21.4. The standard InChI is InChI=1S/C24H20N4O2S/c1-17-11-13-19(14-12-17)31(29,30)28-24(15-22(27-28)18-7-3-2-4-8-18)23-16-25-20-9-5-6-10-21(20)26-23/h2-14,16,24H,15H2,1H3. The lowest BCUT2D eigenvalue weighted by Crippen LogP contribution is -2.28. The summed E-state index contributed by atoms with van der Waals surface area (Å²) in [6, 6.07) is 23.4. The van der Waals surface area contributed by atoms with Crippen LogP contribution in [0, 0.1) is 6.92 Å². The molecule has 1 aromatic heterocycles. The highest BCUT2D eigenvalue weighted by Gasteiger charge is 2.38. The fourth-order valence-electron chi connectivity index (χ4n) is 3.69. The van der Waals surface area contributed by atoms with Crippen molar-refractivity contribution in [2.45, 2.75) is 24.3 Å². The van der Waals surface area contributed by atoms with Crippen molar-refractivity contribution < 1.29 is 8.42 Å². The Morgan fingerprint density at radius 3 is 2.29 bits per heavy atom. The van der Waals surface area contributed by atoms with Gasteiger partial charge in [-0.25, -0.2) is 4.98 Å². The van der Waals surface area contributed by atoms with Crippen LogP contribution in [0.1, 0.15) is 29.3 Å². The summed E-state index contributed by atoms with van der Waals surface area (Å²) in [6.45, 7) is 1.92. The molecule has 1 aliphatic rings. The predicted molar refractivity (Wildman–Crippen MR) is 120 cm³/mol. The van der Waals surface area contributed by atoms with E-state index in [0.29, 0.717) is 17.8 Å². The van der Waals surface area contributed by atoms with Gasteiger partial charge in [0.1, 0.15) is 6.04 Å². The predicted octanol–water partition coefficient (Wildman–Crippen LogP) is 4.48. The van der Waals surface area contributed by atoms with E-state index in [2.05, 4.69) is 10.1 Å². The smallest absolute Gasteiger partial charge is 0.253 e. The Bertz CT molecular complexity index is 1380. The summed E-state index contributed by atoms with van der Waals surface area (Å²) in [6.07, 6.45) is 2.07. The van der Waals surface area contributed by atoms with E-state index in [4.69, 9.17) is 4.98 Å². The summed E-state index contributed by atoms with van der Waals surface area (Å²) >= 11 is 0. The van der Waals surface area contributed by atoms with Crippen LogP contribution in [0.3, 0.4) is 0 Å². The molecule has 0 saturated carbocycles. The molecule has 0 spiro atoms. The first-order chi connectivity index (χ1) is 15.0. The van der Waals surface area contributed by atoms with E-state index in [1.165, 1.54) is 4.41 Å². The molecule has 6 nitrogen and oxygen atoms in total. The minimum Gasteiger partial charge on any atom is -0.253 e. The van der Waals surface area contributed by atoms with E-state index >= 15 is 0 Å². The van der Waals surface area contributed by atoms with Gasteiger partial charge in [0.15, 0.2) is 0 Å². The lowest BCUT2D eigenvalue weighted by molar-refractivity contribution is 0.365. The molecule has 0 aliphatic carbocycles. The Kier molecular flexibility index (Phi) is 4.75. The Hall–Kier alpha value is -3.58. The van der Waals surface area contributed by atoms with Crippen molar-refractivity contribution in [1.29, 1.82) is 0 Å². The van der Waals surface area contributed by atoms with E-state index in [1.54, 1.807) is 30.5 Å². The second-order valence-electron chi connectivity index (χ2n) is 7.51. The molecule has 1 atom stereocenters. The molecule has 0 N–H and O–H groups in total. The Labute approximate surface area is 181 Å². The topological polar surface area (TPSA) is 75.5 Å². The summed E-state index contributed by atoms with van der Waals surface area (Å²) < 4.78 is 28.3. The van der Waals surface area contributed by atoms with Gasteiger partial charge in [-0.05, 0) is 36.8 Å². The molecule has 0 saturated heterocycles. The quantitative estimate of drug-likeness (QED) is 0.480. The van der Waals surface area contributed by atoms with Crippen LogP contribution in [-0.2, 0) is 10.0 Å². The molecular formula is C24H20N4O2S. The second-order valence-corrected chi connectivity index (χ2v) is 9.30. The highest BCUT2D eigenvalue weighted by atomic mass is 32.2. The Balaban J connectivity index is 1.62. The van der Waals surface area contributed by atoms with Gasteiger partial charge in [-0.1, -0.05) is 60.2 Å². The minimum absolute atomic E-state index is 0.204. The fraction of sp³-hybridized carbons (Fsp3) is 0.125. The van der Waals surface area contributed by atoms with Crippen LogP contribution < -0.4 is 0 Å². The van der Waals surface area contributed by atoms with Crippen molar-refractivity contribution in [2.75, 3.05) is 0 Å². The van der Waals surface area contributed by atoms with Crippen LogP contribution in [0.25, 0.3) is 11.0 Å². The molecule has 154 valence electrons. The third-order valence-electron chi connectivity index (χ3n) is 5.35. The number of aryl methyl sites for hydroxylation is 1. The zero-order valence-corrected chi connectivity index (χ0v) is 17.7. The lowest BCUT2D eigenvalue weighted by atomic mass is 10.0. The highest BCUT2D eigenvalue weighted by Crippen LogP contribution is 2.36. The van der Waals surface area contributed by atoms with Crippen molar-refractivity contribution in [3.05, 3.63) is 102 Å². The monoisotopic (exact) mass is 428 g/mol. The van der Waals surface area contributed by atoms with E-state index in [0.717, 1.165) is 22.2 Å². The Morgan fingerprint density at radius 2 is 1.55 bits per heavy atom. The summed E-state index contributed by atoms with van der Waals surface area (Å²) in [4.78, 5) is 9.41.